The minimum atomic E-state index is -0.828. The Morgan fingerprint density at radius 1 is 1.33 bits per heavy atom. The minimum absolute atomic E-state index is 0.0857. The van der Waals surface area contributed by atoms with Crippen LogP contribution >= 0.6 is 11.8 Å². The second kappa shape index (κ2) is 9.64. The van der Waals surface area contributed by atoms with Crippen LogP contribution < -0.4 is 5.32 Å². The van der Waals surface area contributed by atoms with Crippen molar-refractivity contribution in [1.82, 2.24) is 5.32 Å². The SMILES string of the molecule is CSCCCCCCNCC1CCC(C(=O)O)O1. The Morgan fingerprint density at radius 3 is 2.78 bits per heavy atom. The van der Waals surface area contributed by atoms with E-state index < -0.39 is 12.1 Å². The van der Waals surface area contributed by atoms with E-state index in [2.05, 4.69) is 11.6 Å². The summed E-state index contributed by atoms with van der Waals surface area (Å²) in [6.45, 7) is 1.80. The molecule has 0 aliphatic carbocycles. The fourth-order valence-electron chi connectivity index (χ4n) is 2.15. The van der Waals surface area contributed by atoms with Crippen molar-refractivity contribution in [3.63, 3.8) is 0 Å². The van der Waals surface area contributed by atoms with E-state index in [-0.39, 0.29) is 6.10 Å². The van der Waals surface area contributed by atoms with E-state index in [4.69, 9.17) is 9.84 Å². The average molecular weight is 275 g/mol. The Balaban J connectivity index is 1.88. The highest BCUT2D eigenvalue weighted by Gasteiger charge is 2.29. The molecule has 1 fully saturated rings. The first-order valence-corrected chi connectivity index (χ1v) is 8.21. The van der Waals surface area contributed by atoms with E-state index >= 15 is 0 Å². The molecule has 4 nitrogen and oxygen atoms in total. The van der Waals surface area contributed by atoms with Crippen LogP contribution in [0.15, 0.2) is 0 Å². The Morgan fingerprint density at radius 2 is 2.11 bits per heavy atom. The van der Waals surface area contributed by atoms with Crippen molar-refractivity contribution >= 4 is 17.7 Å². The molecule has 1 saturated heterocycles. The molecule has 0 aromatic rings. The summed E-state index contributed by atoms with van der Waals surface area (Å²) < 4.78 is 5.42. The maximum absolute atomic E-state index is 10.7. The highest BCUT2D eigenvalue weighted by Crippen LogP contribution is 2.19. The second-order valence-corrected chi connectivity index (χ2v) is 5.76. The number of unbranched alkanes of at least 4 members (excludes halogenated alkanes) is 3. The molecule has 0 aromatic carbocycles. The van der Waals surface area contributed by atoms with Gasteiger partial charge in [0.25, 0.3) is 0 Å². The normalized spacial score (nSPS) is 23.4. The van der Waals surface area contributed by atoms with Crippen LogP contribution in [-0.4, -0.2) is 48.4 Å². The fraction of sp³-hybridized carbons (Fsp3) is 0.923. The van der Waals surface area contributed by atoms with Crippen molar-refractivity contribution in [3.05, 3.63) is 0 Å². The number of aliphatic carboxylic acids is 1. The third-order valence-corrected chi connectivity index (χ3v) is 3.90. The molecule has 1 aliphatic heterocycles. The highest BCUT2D eigenvalue weighted by atomic mass is 32.2. The number of thioether (sulfide) groups is 1. The summed E-state index contributed by atoms with van der Waals surface area (Å²) in [5, 5.41) is 12.2. The molecule has 2 unspecified atom stereocenters. The topological polar surface area (TPSA) is 58.6 Å². The Hall–Kier alpha value is -0.260. The molecule has 0 aromatic heterocycles. The van der Waals surface area contributed by atoms with Gasteiger partial charge in [-0.25, -0.2) is 4.79 Å². The molecule has 1 rings (SSSR count). The van der Waals surface area contributed by atoms with Crippen LogP contribution in [0.2, 0.25) is 0 Å². The van der Waals surface area contributed by atoms with Gasteiger partial charge in [-0.15, -0.1) is 0 Å². The van der Waals surface area contributed by atoms with Gasteiger partial charge in [-0.05, 0) is 44.2 Å². The minimum Gasteiger partial charge on any atom is -0.479 e. The van der Waals surface area contributed by atoms with Crippen LogP contribution in [0.3, 0.4) is 0 Å². The van der Waals surface area contributed by atoms with E-state index in [1.54, 1.807) is 0 Å². The van der Waals surface area contributed by atoms with Crippen molar-refractivity contribution in [3.8, 4) is 0 Å². The number of carbonyl (C=O) groups is 1. The van der Waals surface area contributed by atoms with Crippen LogP contribution in [0.25, 0.3) is 0 Å². The van der Waals surface area contributed by atoms with Crippen LogP contribution in [0.5, 0.6) is 0 Å². The zero-order chi connectivity index (χ0) is 13.2. The van der Waals surface area contributed by atoms with Gasteiger partial charge >= 0.3 is 5.97 Å². The smallest absolute Gasteiger partial charge is 0.332 e. The van der Waals surface area contributed by atoms with E-state index in [0.29, 0.717) is 6.42 Å². The van der Waals surface area contributed by atoms with Gasteiger partial charge in [0.2, 0.25) is 0 Å². The van der Waals surface area contributed by atoms with Crippen LogP contribution in [0.1, 0.15) is 38.5 Å². The second-order valence-electron chi connectivity index (χ2n) is 4.77. The summed E-state index contributed by atoms with van der Waals surface area (Å²) in [5.74, 6) is 0.436. The number of carboxylic acids is 1. The number of ether oxygens (including phenoxy) is 1. The van der Waals surface area contributed by atoms with E-state index in [1.165, 1.54) is 31.4 Å². The average Bonchev–Trinajstić information content (AvgIpc) is 2.81. The van der Waals surface area contributed by atoms with Crippen LogP contribution in [0.4, 0.5) is 0 Å². The van der Waals surface area contributed by atoms with Crippen LogP contribution in [0, 0.1) is 0 Å². The van der Waals surface area contributed by atoms with Gasteiger partial charge in [0.05, 0.1) is 6.10 Å². The number of carboxylic acid groups (broad SMARTS) is 1. The molecule has 2 N–H and O–H groups in total. The maximum atomic E-state index is 10.7. The molecular formula is C13H25NO3S. The molecule has 0 radical (unpaired) electrons. The number of hydrogen-bond acceptors (Lipinski definition) is 4. The van der Waals surface area contributed by atoms with Crippen molar-refractivity contribution in [1.29, 1.82) is 0 Å². The lowest BCUT2D eigenvalue weighted by molar-refractivity contribution is -0.149. The van der Waals surface area contributed by atoms with Crippen molar-refractivity contribution in [2.24, 2.45) is 0 Å². The molecule has 2 atom stereocenters. The Bertz CT molecular complexity index is 238. The van der Waals surface area contributed by atoms with Gasteiger partial charge in [-0.2, -0.15) is 11.8 Å². The van der Waals surface area contributed by atoms with Crippen LogP contribution in [-0.2, 0) is 9.53 Å². The molecule has 0 spiro atoms. The molecule has 1 heterocycles. The fourth-order valence-corrected chi connectivity index (χ4v) is 2.64. The first kappa shape index (κ1) is 15.8. The maximum Gasteiger partial charge on any atom is 0.332 e. The van der Waals surface area contributed by atoms with Gasteiger partial charge in [-0.3, -0.25) is 0 Å². The zero-order valence-corrected chi connectivity index (χ0v) is 12.0. The van der Waals surface area contributed by atoms with Gasteiger partial charge in [-0.1, -0.05) is 12.8 Å². The molecule has 1 aliphatic rings. The van der Waals surface area contributed by atoms with E-state index in [0.717, 1.165) is 19.5 Å². The third kappa shape index (κ3) is 6.61. The Labute approximate surface area is 114 Å². The van der Waals surface area contributed by atoms with E-state index in [1.807, 2.05) is 11.8 Å². The number of nitrogens with one attached hydrogen (secondary N) is 1. The lowest BCUT2D eigenvalue weighted by atomic mass is 10.2. The molecule has 18 heavy (non-hydrogen) atoms. The van der Waals surface area contributed by atoms with Gasteiger partial charge in [0, 0.05) is 6.54 Å². The summed E-state index contributed by atoms with van der Waals surface area (Å²) in [6, 6.07) is 0. The molecule has 106 valence electrons. The predicted octanol–water partition coefficient (Wildman–Crippen LogP) is 2.13. The quantitative estimate of drug-likeness (QED) is 0.598. The van der Waals surface area contributed by atoms with Crippen molar-refractivity contribution in [2.45, 2.75) is 50.7 Å². The molecular weight excluding hydrogens is 250 g/mol. The first-order valence-electron chi connectivity index (χ1n) is 6.82. The first-order chi connectivity index (χ1) is 8.74. The molecule has 0 bridgehead atoms. The van der Waals surface area contributed by atoms with Crippen molar-refractivity contribution in [2.75, 3.05) is 25.1 Å². The summed E-state index contributed by atoms with van der Waals surface area (Å²) in [4.78, 5) is 10.7. The lowest BCUT2D eigenvalue weighted by Gasteiger charge is -2.12. The summed E-state index contributed by atoms with van der Waals surface area (Å²) in [7, 11) is 0. The summed E-state index contributed by atoms with van der Waals surface area (Å²) in [5.41, 5.74) is 0. The standard InChI is InChI=1S/C13H25NO3S/c1-18-9-5-3-2-4-8-14-10-11-6-7-12(17-11)13(15)16/h11-12,14H,2-10H2,1H3,(H,15,16). The Kier molecular flexibility index (Phi) is 8.46. The summed E-state index contributed by atoms with van der Waals surface area (Å²) >= 11 is 1.91. The number of rotatable bonds is 10. The molecule has 0 saturated carbocycles. The molecule has 5 heteroatoms. The van der Waals surface area contributed by atoms with Crippen molar-refractivity contribution < 1.29 is 14.6 Å². The monoisotopic (exact) mass is 275 g/mol. The van der Waals surface area contributed by atoms with E-state index in [9.17, 15) is 4.79 Å². The number of hydrogen-bond donors (Lipinski definition) is 2. The van der Waals surface area contributed by atoms with Gasteiger partial charge < -0.3 is 15.2 Å². The zero-order valence-electron chi connectivity index (χ0n) is 11.2. The molecule has 0 amide bonds. The largest absolute Gasteiger partial charge is 0.479 e. The lowest BCUT2D eigenvalue weighted by Crippen LogP contribution is -2.29. The third-order valence-electron chi connectivity index (χ3n) is 3.21. The highest BCUT2D eigenvalue weighted by molar-refractivity contribution is 7.98. The summed E-state index contributed by atoms with van der Waals surface area (Å²) in [6.07, 6.45) is 8.25. The van der Waals surface area contributed by atoms with Gasteiger partial charge in [0.1, 0.15) is 0 Å². The predicted molar refractivity (Wildman–Crippen MR) is 75.3 cm³/mol. The van der Waals surface area contributed by atoms with Gasteiger partial charge in [0.15, 0.2) is 6.10 Å².